The van der Waals surface area contributed by atoms with Crippen molar-refractivity contribution in [1.29, 1.82) is 0 Å². The lowest BCUT2D eigenvalue weighted by atomic mass is 10.3. The van der Waals surface area contributed by atoms with E-state index in [2.05, 4.69) is 34.8 Å². The van der Waals surface area contributed by atoms with Gasteiger partial charge in [-0.1, -0.05) is 20.3 Å². The molecular weight excluding hydrogens is 308 g/mol. The van der Waals surface area contributed by atoms with E-state index in [0.717, 1.165) is 6.54 Å². The van der Waals surface area contributed by atoms with Crippen LogP contribution < -0.4 is 4.57 Å². The standard InChI is InChI=1S/C8H15N2.C6H14O5S/c1-3-4-5-10-7-6-9(2)8-10;1-4-6(10-3)11-5(2)12(7,8)9/h6-8H,3-5H2,1-2H3;5-6H,4H2,1-3H3,(H,7,8,9)/q+1;/p-1. The van der Waals surface area contributed by atoms with Gasteiger partial charge in [0.25, 0.3) is 0 Å². The van der Waals surface area contributed by atoms with Crippen LogP contribution in [0.4, 0.5) is 0 Å². The summed E-state index contributed by atoms with van der Waals surface area (Å²) in [4.78, 5) is 0. The minimum atomic E-state index is -4.37. The fourth-order valence-corrected chi connectivity index (χ4v) is 1.83. The van der Waals surface area contributed by atoms with E-state index in [-0.39, 0.29) is 0 Å². The molecule has 7 nitrogen and oxygen atoms in total. The van der Waals surface area contributed by atoms with Gasteiger partial charge in [0, 0.05) is 7.11 Å². The third-order valence-corrected chi connectivity index (χ3v) is 3.86. The summed E-state index contributed by atoms with van der Waals surface area (Å²) in [6.07, 6.45) is 8.68. The number of methoxy groups -OCH3 is 1. The lowest BCUT2D eigenvalue weighted by molar-refractivity contribution is -0.671. The van der Waals surface area contributed by atoms with Gasteiger partial charge in [-0.25, -0.2) is 17.6 Å². The van der Waals surface area contributed by atoms with Gasteiger partial charge in [0.1, 0.15) is 27.9 Å². The Kier molecular flexibility index (Phi) is 10.2. The summed E-state index contributed by atoms with van der Waals surface area (Å²) in [5, 5.41) is 0. The third-order valence-electron chi connectivity index (χ3n) is 2.94. The second kappa shape index (κ2) is 10.7. The quantitative estimate of drug-likeness (QED) is 0.407. The first kappa shape index (κ1) is 21.0. The zero-order valence-corrected chi connectivity index (χ0v) is 14.9. The van der Waals surface area contributed by atoms with Crippen LogP contribution in [0, 0.1) is 0 Å². The molecule has 0 amide bonds. The number of imidazole rings is 1. The van der Waals surface area contributed by atoms with Crippen LogP contribution in [0.3, 0.4) is 0 Å². The van der Waals surface area contributed by atoms with E-state index in [0.29, 0.717) is 6.42 Å². The van der Waals surface area contributed by atoms with Crippen LogP contribution in [0.15, 0.2) is 18.7 Å². The number of aromatic nitrogens is 2. The Labute approximate surface area is 133 Å². The number of rotatable bonds is 8. The maximum atomic E-state index is 10.4. The van der Waals surface area contributed by atoms with Crippen molar-refractivity contribution in [3.63, 3.8) is 0 Å². The van der Waals surface area contributed by atoms with Gasteiger partial charge in [0.05, 0.1) is 13.6 Å². The fourth-order valence-electron chi connectivity index (χ4n) is 1.57. The molecule has 2 atom stereocenters. The molecule has 22 heavy (non-hydrogen) atoms. The summed E-state index contributed by atoms with van der Waals surface area (Å²) in [6, 6.07) is 0. The van der Waals surface area contributed by atoms with E-state index in [1.807, 2.05) is 7.05 Å². The molecule has 0 radical (unpaired) electrons. The zero-order chi connectivity index (χ0) is 17.2. The van der Waals surface area contributed by atoms with E-state index < -0.39 is 21.8 Å². The van der Waals surface area contributed by atoms with Crippen molar-refractivity contribution in [1.82, 2.24) is 4.57 Å². The van der Waals surface area contributed by atoms with Gasteiger partial charge in [0.15, 0.2) is 6.29 Å². The highest BCUT2D eigenvalue weighted by Gasteiger charge is 2.15. The van der Waals surface area contributed by atoms with Crippen LogP contribution in [0.5, 0.6) is 0 Å². The second-order valence-corrected chi connectivity index (χ2v) is 6.59. The molecule has 0 aliphatic rings. The minimum Gasteiger partial charge on any atom is -0.746 e. The molecule has 1 aromatic rings. The maximum Gasteiger partial charge on any atom is 0.243 e. The van der Waals surface area contributed by atoms with Gasteiger partial charge < -0.3 is 14.0 Å². The predicted octanol–water partition coefficient (Wildman–Crippen LogP) is 1.39. The number of aryl methyl sites for hydroxylation is 2. The Morgan fingerprint density at radius 1 is 1.36 bits per heavy atom. The van der Waals surface area contributed by atoms with E-state index in [1.165, 1.54) is 26.9 Å². The van der Waals surface area contributed by atoms with E-state index in [1.54, 1.807) is 6.92 Å². The first-order valence-electron chi connectivity index (χ1n) is 7.38. The largest absolute Gasteiger partial charge is 0.746 e. The van der Waals surface area contributed by atoms with Crippen LogP contribution in [0.25, 0.3) is 0 Å². The van der Waals surface area contributed by atoms with Crippen molar-refractivity contribution in [2.24, 2.45) is 7.05 Å². The van der Waals surface area contributed by atoms with Crippen molar-refractivity contribution < 1.29 is 27.0 Å². The third kappa shape index (κ3) is 9.14. The van der Waals surface area contributed by atoms with Crippen LogP contribution in [-0.4, -0.2) is 36.4 Å². The van der Waals surface area contributed by atoms with Crippen molar-refractivity contribution in [2.45, 2.75) is 58.3 Å². The summed E-state index contributed by atoms with van der Waals surface area (Å²) in [7, 11) is -0.939. The average Bonchev–Trinajstić information content (AvgIpc) is 2.87. The first-order chi connectivity index (χ1) is 10.2. The maximum absolute atomic E-state index is 10.4. The Balaban J connectivity index is 0.000000406. The Morgan fingerprint density at radius 2 is 2.00 bits per heavy atom. The number of nitrogens with zero attached hydrogens (tertiary/aromatic N) is 2. The molecule has 0 aliphatic heterocycles. The topological polar surface area (TPSA) is 84.5 Å². The molecule has 0 fully saturated rings. The molecule has 130 valence electrons. The molecule has 1 heterocycles. The lowest BCUT2D eigenvalue weighted by Gasteiger charge is -2.21. The molecule has 1 aromatic heterocycles. The lowest BCUT2D eigenvalue weighted by Crippen LogP contribution is -2.27. The predicted molar refractivity (Wildman–Crippen MR) is 81.8 cm³/mol. The molecule has 0 bridgehead atoms. The Morgan fingerprint density at radius 3 is 2.36 bits per heavy atom. The van der Waals surface area contributed by atoms with Crippen molar-refractivity contribution in [2.75, 3.05) is 7.11 Å². The van der Waals surface area contributed by atoms with Crippen LogP contribution in [-0.2, 0) is 33.2 Å². The fraction of sp³-hybridized carbons (Fsp3) is 0.786. The SMILES string of the molecule is CCC(OC)OC(C)S(=O)(=O)[O-].CCCCn1cc[n+](C)c1. The zero-order valence-electron chi connectivity index (χ0n) is 14.1. The average molecular weight is 336 g/mol. The molecule has 8 heteroatoms. The first-order valence-corrected chi connectivity index (χ1v) is 8.85. The normalized spacial score (nSPS) is 14.1. The van der Waals surface area contributed by atoms with E-state index in [4.69, 9.17) is 9.47 Å². The number of ether oxygens (including phenoxy) is 2. The minimum absolute atomic E-state index is 0.496. The molecule has 0 N–H and O–H groups in total. The molecule has 0 aromatic carbocycles. The molecule has 0 saturated heterocycles. The molecule has 2 unspecified atom stereocenters. The second-order valence-electron chi connectivity index (χ2n) is 4.94. The van der Waals surface area contributed by atoms with Crippen molar-refractivity contribution >= 4 is 10.1 Å². The van der Waals surface area contributed by atoms with E-state index in [9.17, 15) is 13.0 Å². The van der Waals surface area contributed by atoms with E-state index >= 15 is 0 Å². The Hall–Kier alpha value is -0.960. The summed E-state index contributed by atoms with van der Waals surface area (Å²) in [5.41, 5.74) is -1.36. The van der Waals surface area contributed by atoms with Gasteiger partial charge >= 0.3 is 0 Å². The van der Waals surface area contributed by atoms with Gasteiger partial charge in [-0.05, 0) is 19.8 Å². The van der Waals surface area contributed by atoms with Crippen molar-refractivity contribution in [3.05, 3.63) is 18.7 Å². The van der Waals surface area contributed by atoms with Crippen molar-refractivity contribution in [3.8, 4) is 0 Å². The molecule has 0 spiro atoms. The number of hydrogen-bond donors (Lipinski definition) is 0. The summed E-state index contributed by atoms with van der Waals surface area (Å²) >= 11 is 0. The Bertz CT molecular complexity index is 497. The number of hydrogen-bond acceptors (Lipinski definition) is 5. The highest BCUT2D eigenvalue weighted by molar-refractivity contribution is 7.86. The monoisotopic (exact) mass is 336 g/mol. The van der Waals surface area contributed by atoms with Crippen LogP contribution >= 0.6 is 0 Å². The summed E-state index contributed by atoms with van der Waals surface area (Å²) in [6.45, 7) is 6.31. The molecule has 0 saturated carbocycles. The summed E-state index contributed by atoms with van der Waals surface area (Å²) < 4.78 is 44.9. The van der Waals surface area contributed by atoms with Gasteiger partial charge in [-0.3, -0.25) is 0 Å². The molecular formula is C14H28N2O5S. The number of unbranched alkanes of at least 4 members (excludes halogenated alkanes) is 1. The van der Waals surface area contributed by atoms with Gasteiger partial charge in [-0.2, -0.15) is 0 Å². The molecule has 0 aliphatic carbocycles. The van der Waals surface area contributed by atoms with Gasteiger partial charge in [-0.15, -0.1) is 0 Å². The van der Waals surface area contributed by atoms with Crippen LogP contribution in [0.2, 0.25) is 0 Å². The van der Waals surface area contributed by atoms with Gasteiger partial charge in [0.2, 0.25) is 6.33 Å². The summed E-state index contributed by atoms with van der Waals surface area (Å²) in [5.74, 6) is 0. The van der Waals surface area contributed by atoms with Crippen LogP contribution in [0.1, 0.15) is 40.0 Å². The smallest absolute Gasteiger partial charge is 0.243 e. The highest BCUT2D eigenvalue weighted by atomic mass is 32.2. The molecule has 1 rings (SSSR count). The highest BCUT2D eigenvalue weighted by Crippen LogP contribution is 2.07.